The zero-order valence-corrected chi connectivity index (χ0v) is 9.15. The Balaban J connectivity index is 1.98. The standard InChI is InChI=1S/C9H13N5S/c10-5-1-2-6-14-12-9(11-13-14)8-4-3-7-15-8/h3-4,7H,1-2,5-6,10H2. The third-order valence-corrected chi connectivity index (χ3v) is 2.87. The number of hydrogen-bond acceptors (Lipinski definition) is 5. The third kappa shape index (κ3) is 2.60. The lowest BCUT2D eigenvalue weighted by Crippen LogP contribution is -2.05. The zero-order valence-electron chi connectivity index (χ0n) is 8.33. The van der Waals surface area contributed by atoms with Gasteiger partial charge in [-0.1, -0.05) is 6.07 Å². The first-order valence-corrected chi connectivity index (χ1v) is 5.80. The molecule has 0 atom stereocenters. The van der Waals surface area contributed by atoms with Crippen molar-refractivity contribution < 1.29 is 0 Å². The van der Waals surface area contributed by atoms with Crippen molar-refractivity contribution in [3.63, 3.8) is 0 Å². The Morgan fingerprint density at radius 2 is 2.33 bits per heavy atom. The molecule has 0 bridgehead atoms. The second kappa shape index (κ2) is 4.99. The highest BCUT2D eigenvalue weighted by Gasteiger charge is 2.05. The Morgan fingerprint density at radius 3 is 3.07 bits per heavy atom. The van der Waals surface area contributed by atoms with Crippen LogP contribution in [0.15, 0.2) is 17.5 Å². The molecule has 0 amide bonds. The van der Waals surface area contributed by atoms with Gasteiger partial charge in [-0.15, -0.1) is 21.5 Å². The van der Waals surface area contributed by atoms with Crippen molar-refractivity contribution in [2.24, 2.45) is 5.73 Å². The van der Waals surface area contributed by atoms with E-state index in [1.54, 1.807) is 16.1 Å². The van der Waals surface area contributed by atoms with E-state index < -0.39 is 0 Å². The van der Waals surface area contributed by atoms with Crippen LogP contribution in [0.4, 0.5) is 0 Å². The molecule has 0 radical (unpaired) electrons. The van der Waals surface area contributed by atoms with Gasteiger partial charge in [-0.3, -0.25) is 0 Å². The minimum atomic E-state index is 0.706. The maximum Gasteiger partial charge on any atom is 0.214 e. The second-order valence-corrected chi connectivity index (χ2v) is 4.13. The van der Waals surface area contributed by atoms with Crippen LogP contribution < -0.4 is 5.73 Å². The zero-order chi connectivity index (χ0) is 10.5. The van der Waals surface area contributed by atoms with Gasteiger partial charge in [0.25, 0.3) is 0 Å². The predicted octanol–water partition coefficient (Wildman–Crippen LogP) is 1.14. The van der Waals surface area contributed by atoms with E-state index in [0.29, 0.717) is 12.4 Å². The smallest absolute Gasteiger partial charge is 0.214 e. The molecule has 2 heterocycles. The molecule has 2 aromatic rings. The molecular formula is C9H13N5S. The van der Waals surface area contributed by atoms with E-state index >= 15 is 0 Å². The summed E-state index contributed by atoms with van der Waals surface area (Å²) in [7, 11) is 0. The Hall–Kier alpha value is -1.27. The molecule has 0 saturated carbocycles. The average Bonchev–Trinajstić information content (AvgIpc) is 2.87. The van der Waals surface area contributed by atoms with E-state index in [-0.39, 0.29) is 0 Å². The SMILES string of the molecule is NCCCCn1nnc(-c2cccs2)n1. The van der Waals surface area contributed by atoms with Crippen molar-refractivity contribution >= 4 is 11.3 Å². The first-order valence-electron chi connectivity index (χ1n) is 4.92. The number of nitrogens with zero attached hydrogens (tertiary/aromatic N) is 4. The molecule has 6 heteroatoms. The van der Waals surface area contributed by atoms with Crippen LogP contribution in [-0.4, -0.2) is 26.8 Å². The van der Waals surface area contributed by atoms with Crippen LogP contribution in [0.2, 0.25) is 0 Å². The lowest BCUT2D eigenvalue weighted by molar-refractivity contribution is 0.491. The Bertz CT molecular complexity index is 394. The third-order valence-electron chi connectivity index (χ3n) is 2.01. The molecule has 5 nitrogen and oxygen atoms in total. The highest BCUT2D eigenvalue weighted by Crippen LogP contribution is 2.19. The summed E-state index contributed by atoms with van der Waals surface area (Å²) in [4.78, 5) is 2.69. The highest BCUT2D eigenvalue weighted by atomic mass is 32.1. The number of hydrogen-bond donors (Lipinski definition) is 1. The minimum absolute atomic E-state index is 0.706. The predicted molar refractivity (Wildman–Crippen MR) is 59.4 cm³/mol. The minimum Gasteiger partial charge on any atom is -0.330 e. The number of nitrogens with two attached hydrogens (primary N) is 1. The molecule has 2 aromatic heterocycles. The fourth-order valence-corrected chi connectivity index (χ4v) is 1.89. The topological polar surface area (TPSA) is 69.6 Å². The Kier molecular flexibility index (Phi) is 3.41. The molecule has 0 unspecified atom stereocenters. The van der Waals surface area contributed by atoms with E-state index in [9.17, 15) is 0 Å². The maximum atomic E-state index is 5.41. The molecule has 80 valence electrons. The summed E-state index contributed by atoms with van der Waals surface area (Å²) in [5, 5.41) is 14.3. The van der Waals surface area contributed by atoms with E-state index in [4.69, 9.17) is 5.73 Å². The van der Waals surface area contributed by atoms with Gasteiger partial charge in [-0.05, 0) is 36.0 Å². The van der Waals surface area contributed by atoms with Crippen molar-refractivity contribution in [1.82, 2.24) is 20.2 Å². The van der Waals surface area contributed by atoms with E-state index in [1.807, 2.05) is 17.5 Å². The van der Waals surface area contributed by atoms with Gasteiger partial charge in [-0.25, -0.2) is 0 Å². The van der Waals surface area contributed by atoms with Gasteiger partial charge in [0.2, 0.25) is 5.82 Å². The number of aromatic nitrogens is 4. The summed E-state index contributed by atoms with van der Waals surface area (Å²) in [6.07, 6.45) is 1.99. The lowest BCUT2D eigenvalue weighted by Gasteiger charge is -1.95. The van der Waals surface area contributed by atoms with Crippen LogP contribution in [0, 0.1) is 0 Å². The first kappa shape index (κ1) is 10.3. The molecule has 0 aliphatic heterocycles. The molecule has 0 aliphatic carbocycles. The van der Waals surface area contributed by atoms with Crippen molar-refractivity contribution in [1.29, 1.82) is 0 Å². The maximum absolute atomic E-state index is 5.41. The molecule has 15 heavy (non-hydrogen) atoms. The number of unbranched alkanes of at least 4 members (excludes halogenated alkanes) is 1. The number of aryl methyl sites for hydroxylation is 1. The van der Waals surface area contributed by atoms with Gasteiger partial charge in [-0.2, -0.15) is 4.80 Å². The molecule has 2 N–H and O–H groups in total. The van der Waals surface area contributed by atoms with Gasteiger partial charge in [0.05, 0.1) is 11.4 Å². The number of thiophene rings is 1. The molecular weight excluding hydrogens is 210 g/mol. The van der Waals surface area contributed by atoms with Gasteiger partial charge in [0.1, 0.15) is 0 Å². The van der Waals surface area contributed by atoms with Crippen molar-refractivity contribution in [3.05, 3.63) is 17.5 Å². The number of tetrazole rings is 1. The van der Waals surface area contributed by atoms with Crippen molar-refractivity contribution in [2.45, 2.75) is 19.4 Å². The normalized spacial score (nSPS) is 10.7. The van der Waals surface area contributed by atoms with Gasteiger partial charge in [0, 0.05) is 0 Å². The van der Waals surface area contributed by atoms with Gasteiger partial charge in [0.15, 0.2) is 0 Å². The summed E-state index contributed by atoms with van der Waals surface area (Å²) < 4.78 is 0. The fourth-order valence-electron chi connectivity index (χ4n) is 1.24. The Morgan fingerprint density at radius 1 is 1.40 bits per heavy atom. The molecule has 0 saturated heterocycles. The van der Waals surface area contributed by atoms with Crippen LogP contribution in [0.3, 0.4) is 0 Å². The van der Waals surface area contributed by atoms with Crippen LogP contribution >= 0.6 is 11.3 Å². The van der Waals surface area contributed by atoms with Gasteiger partial charge < -0.3 is 5.73 Å². The van der Waals surface area contributed by atoms with Gasteiger partial charge >= 0.3 is 0 Å². The number of rotatable bonds is 5. The Labute approximate surface area is 91.9 Å². The van der Waals surface area contributed by atoms with Crippen LogP contribution in [0.25, 0.3) is 10.7 Å². The highest BCUT2D eigenvalue weighted by molar-refractivity contribution is 7.13. The largest absolute Gasteiger partial charge is 0.330 e. The quantitative estimate of drug-likeness (QED) is 0.772. The summed E-state index contributed by atoms with van der Waals surface area (Å²) in [6.45, 7) is 1.50. The van der Waals surface area contributed by atoms with Crippen molar-refractivity contribution in [3.8, 4) is 10.7 Å². The lowest BCUT2D eigenvalue weighted by atomic mass is 10.3. The monoisotopic (exact) mass is 223 g/mol. The molecule has 0 aromatic carbocycles. The summed E-state index contributed by atoms with van der Waals surface area (Å²) in [5.74, 6) is 0.706. The summed E-state index contributed by atoms with van der Waals surface area (Å²) in [5.41, 5.74) is 5.41. The van der Waals surface area contributed by atoms with E-state index in [0.717, 1.165) is 24.3 Å². The fraction of sp³-hybridized carbons (Fsp3) is 0.444. The summed E-state index contributed by atoms with van der Waals surface area (Å²) >= 11 is 1.62. The van der Waals surface area contributed by atoms with Crippen LogP contribution in [0.5, 0.6) is 0 Å². The molecule has 0 fully saturated rings. The van der Waals surface area contributed by atoms with E-state index in [2.05, 4.69) is 15.4 Å². The van der Waals surface area contributed by atoms with Crippen LogP contribution in [-0.2, 0) is 6.54 Å². The molecule has 0 aliphatic rings. The second-order valence-electron chi connectivity index (χ2n) is 3.18. The molecule has 0 spiro atoms. The first-order chi connectivity index (χ1) is 7.40. The van der Waals surface area contributed by atoms with Crippen molar-refractivity contribution in [2.75, 3.05) is 6.54 Å². The van der Waals surface area contributed by atoms with Crippen LogP contribution in [0.1, 0.15) is 12.8 Å². The summed E-state index contributed by atoms with van der Waals surface area (Å²) in [6, 6.07) is 3.97. The molecule has 2 rings (SSSR count). The average molecular weight is 223 g/mol. The van der Waals surface area contributed by atoms with E-state index in [1.165, 1.54) is 0 Å².